The summed E-state index contributed by atoms with van der Waals surface area (Å²) in [5, 5.41) is 0. The predicted molar refractivity (Wildman–Crippen MR) is 92.3 cm³/mol. The lowest BCUT2D eigenvalue weighted by Crippen LogP contribution is -2.28. The van der Waals surface area contributed by atoms with Gasteiger partial charge < -0.3 is 4.74 Å². The summed E-state index contributed by atoms with van der Waals surface area (Å²) < 4.78 is 32.5. The van der Waals surface area contributed by atoms with Crippen molar-refractivity contribution >= 4 is 10.0 Å². The maximum absolute atomic E-state index is 12.2. The number of nitrogens with one attached hydrogen (secondary N) is 1. The van der Waals surface area contributed by atoms with Gasteiger partial charge in [-0.05, 0) is 48.2 Å². The standard InChI is InChI=1S/C18H23NO3S/c1-3-15-8-10-18(11-9-15)23(20,21)19-12-13-22-17-7-5-6-16(4-2)14-17/h5-11,14,19H,3-4,12-13H2,1-2H3. The first-order valence-electron chi connectivity index (χ1n) is 7.85. The Bertz CT molecular complexity index is 724. The molecule has 0 radical (unpaired) electrons. The second-order valence-electron chi connectivity index (χ2n) is 5.24. The van der Waals surface area contributed by atoms with Crippen LogP contribution in [0.5, 0.6) is 5.75 Å². The molecular formula is C18H23NO3S. The van der Waals surface area contributed by atoms with Gasteiger partial charge in [-0.3, -0.25) is 0 Å². The molecule has 0 amide bonds. The topological polar surface area (TPSA) is 55.4 Å². The van der Waals surface area contributed by atoms with Crippen LogP contribution in [0.3, 0.4) is 0 Å². The fraction of sp³-hybridized carbons (Fsp3) is 0.333. The first kappa shape index (κ1) is 17.5. The monoisotopic (exact) mass is 333 g/mol. The van der Waals surface area contributed by atoms with Crippen LogP contribution in [0, 0.1) is 0 Å². The van der Waals surface area contributed by atoms with Crippen LogP contribution in [0.1, 0.15) is 25.0 Å². The molecule has 0 aliphatic heterocycles. The smallest absolute Gasteiger partial charge is 0.240 e. The van der Waals surface area contributed by atoms with E-state index in [2.05, 4.69) is 11.6 Å². The Labute approximate surface area is 138 Å². The largest absolute Gasteiger partial charge is 0.492 e. The normalized spacial score (nSPS) is 11.4. The summed E-state index contributed by atoms with van der Waals surface area (Å²) in [5.41, 5.74) is 2.31. The highest BCUT2D eigenvalue weighted by Crippen LogP contribution is 2.14. The van der Waals surface area contributed by atoms with Gasteiger partial charge in [-0.2, -0.15) is 0 Å². The first-order chi connectivity index (χ1) is 11.0. The lowest BCUT2D eigenvalue weighted by molar-refractivity contribution is 0.322. The van der Waals surface area contributed by atoms with Crippen molar-refractivity contribution in [1.29, 1.82) is 0 Å². The molecule has 4 nitrogen and oxygen atoms in total. The molecule has 5 heteroatoms. The van der Waals surface area contributed by atoms with Gasteiger partial charge in [-0.15, -0.1) is 0 Å². The number of aryl methyl sites for hydroxylation is 2. The van der Waals surface area contributed by atoms with Crippen LogP contribution in [0.15, 0.2) is 53.4 Å². The first-order valence-corrected chi connectivity index (χ1v) is 9.34. The minimum Gasteiger partial charge on any atom is -0.492 e. The van der Waals surface area contributed by atoms with E-state index in [1.54, 1.807) is 12.1 Å². The quantitative estimate of drug-likeness (QED) is 0.755. The van der Waals surface area contributed by atoms with Crippen LogP contribution in [0.2, 0.25) is 0 Å². The van der Waals surface area contributed by atoms with Gasteiger partial charge in [0.1, 0.15) is 12.4 Å². The molecular weight excluding hydrogens is 310 g/mol. The Morgan fingerprint density at radius 1 is 0.957 bits per heavy atom. The summed E-state index contributed by atoms with van der Waals surface area (Å²) in [6, 6.07) is 14.8. The average Bonchev–Trinajstić information content (AvgIpc) is 2.59. The lowest BCUT2D eigenvalue weighted by Gasteiger charge is -2.09. The molecule has 0 heterocycles. The van der Waals surface area contributed by atoms with Gasteiger partial charge in [0.25, 0.3) is 0 Å². The van der Waals surface area contributed by atoms with Gasteiger partial charge in [-0.1, -0.05) is 38.1 Å². The van der Waals surface area contributed by atoms with Gasteiger partial charge in [0.15, 0.2) is 0 Å². The van der Waals surface area contributed by atoms with Gasteiger partial charge in [-0.25, -0.2) is 13.1 Å². The van der Waals surface area contributed by atoms with E-state index < -0.39 is 10.0 Å². The molecule has 1 N–H and O–H groups in total. The molecule has 0 atom stereocenters. The fourth-order valence-electron chi connectivity index (χ4n) is 2.19. The van der Waals surface area contributed by atoms with Gasteiger partial charge in [0.05, 0.1) is 4.90 Å². The molecule has 0 unspecified atom stereocenters. The minimum absolute atomic E-state index is 0.230. The number of hydrogen-bond acceptors (Lipinski definition) is 3. The summed E-state index contributed by atoms with van der Waals surface area (Å²) in [7, 11) is -3.48. The third-order valence-corrected chi connectivity index (χ3v) is 5.09. The van der Waals surface area contributed by atoms with Crippen LogP contribution in [0.25, 0.3) is 0 Å². The van der Waals surface area contributed by atoms with Crippen LogP contribution >= 0.6 is 0 Å². The number of hydrogen-bond donors (Lipinski definition) is 1. The molecule has 2 rings (SSSR count). The average molecular weight is 333 g/mol. The highest BCUT2D eigenvalue weighted by Gasteiger charge is 2.12. The van der Waals surface area contributed by atoms with Crippen molar-refractivity contribution in [2.24, 2.45) is 0 Å². The highest BCUT2D eigenvalue weighted by molar-refractivity contribution is 7.89. The molecule has 0 fully saturated rings. The highest BCUT2D eigenvalue weighted by atomic mass is 32.2. The Kier molecular flexibility index (Phi) is 6.19. The van der Waals surface area contributed by atoms with Crippen LogP contribution in [-0.2, 0) is 22.9 Å². The molecule has 0 saturated heterocycles. The Balaban J connectivity index is 1.86. The van der Waals surface area contributed by atoms with E-state index in [9.17, 15) is 8.42 Å². The van der Waals surface area contributed by atoms with E-state index in [4.69, 9.17) is 4.74 Å². The van der Waals surface area contributed by atoms with Gasteiger partial charge >= 0.3 is 0 Å². The van der Waals surface area contributed by atoms with E-state index in [0.29, 0.717) is 6.61 Å². The van der Waals surface area contributed by atoms with E-state index in [1.807, 2.05) is 43.3 Å². The Morgan fingerprint density at radius 2 is 1.65 bits per heavy atom. The van der Waals surface area contributed by atoms with Crippen molar-refractivity contribution < 1.29 is 13.2 Å². The maximum Gasteiger partial charge on any atom is 0.240 e. The van der Waals surface area contributed by atoms with E-state index >= 15 is 0 Å². The molecule has 124 valence electrons. The van der Waals surface area contributed by atoms with Crippen molar-refractivity contribution in [2.45, 2.75) is 31.6 Å². The van der Waals surface area contributed by atoms with Crippen molar-refractivity contribution in [3.63, 3.8) is 0 Å². The Hall–Kier alpha value is -1.85. The molecule has 0 aliphatic carbocycles. The summed E-state index contributed by atoms with van der Waals surface area (Å²) in [5.74, 6) is 0.760. The summed E-state index contributed by atoms with van der Waals surface area (Å²) >= 11 is 0. The summed E-state index contributed by atoms with van der Waals surface area (Å²) in [6.45, 7) is 4.64. The number of ether oxygens (including phenoxy) is 1. The van der Waals surface area contributed by atoms with Gasteiger partial charge in [0, 0.05) is 6.54 Å². The number of benzene rings is 2. The maximum atomic E-state index is 12.2. The molecule has 2 aromatic carbocycles. The van der Waals surface area contributed by atoms with Crippen LogP contribution in [-0.4, -0.2) is 21.6 Å². The zero-order valence-electron chi connectivity index (χ0n) is 13.6. The molecule has 0 aliphatic rings. The van der Waals surface area contributed by atoms with E-state index in [-0.39, 0.29) is 11.4 Å². The number of rotatable bonds is 8. The predicted octanol–water partition coefficient (Wildman–Crippen LogP) is 3.17. The molecule has 23 heavy (non-hydrogen) atoms. The van der Waals surface area contributed by atoms with Crippen molar-refractivity contribution in [2.75, 3.05) is 13.2 Å². The SMILES string of the molecule is CCc1ccc(S(=O)(=O)NCCOc2cccc(CC)c2)cc1. The molecule has 2 aromatic rings. The molecule has 0 bridgehead atoms. The van der Waals surface area contributed by atoms with Gasteiger partial charge in [0.2, 0.25) is 10.0 Å². The zero-order valence-corrected chi connectivity index (χ0v) is 14.4. The van der Waals surface area contributed by atoms with E-state index in [1.165, 1.54) is 5.56 Å². The van der Waals surface area contributed by atoms with Crippen molar-refractivity contribution in [3.8, 4) is 5.75 Å². The van der Waals surface area contributed by atoms with Crippen molar-refractivity contribution in [1.82, 2.24) is 4.72 Å². The lowest BCUT2D eigenvalue weighted by atomic mass is 10.2. The summed E-state index contributed by atoms with van der Waals surface area (Å²) in [6.07, 6.45) is 1.83. The Morgan fingerprint density at radius 3 is 2.30 bits per heavy atom. The van der Waals surface area contributed by atoms with Crippen LogP contribution in [0.4, 0.5) is 0 Å². The second kappa shape index (κ2) is 8.13. The van der Waals surface area contributed by atoms with Crippen molar-refractivity contribution in [3.05, 3.63) is 59.7 Å². The van der Waals surface area contributed by atoms with E-state index in [0.717, 1.165) is 24.2 Å². The third-order valence-electron chi connectivity index (χ3n) is 3.61. The third kappa shape index (κ3) is 5.08. The molecule has 0 saturated carbocycles. The molecule has 0 aromatic heterocycles. The molecule has 0 spiro atoms. The zero-order chi connectivity index (χ0) is 16.7. The fourth-order valence-corrected chi connectivity index (χ4v) is 3.20. The van der Waals surface area contributed by atoms with Crippen LogP contribution < -0.4 is 9.46 Å². The number of sulfonamides is 1. The summed E-state index contributed by atoms with van der Waals surface area (Å²) in [4.78, 5) is 0.280. The second-order valence-corrected chi connectivity index (χ2v) is 7.01. The minimum atomic E-state index is -3.48.